The second kappa shape index (κ2) is 11.7. The molecule has 0 unspecified atom stereocenters. The fourth-order valence-corrected chi connectivity index (χ4v) is 1.59. The summed E-state index contributed by atoms with van der Waals surface area (Å²) < 4.78 is 0. The maximum Gasteiger partial charge on any atom is 0.115 e. The predicted molar refractivity (Wildman–Crippen MR) is 107 cm³/mol. The number of nitrogens with one attached hydrogen (secondary N) is 2. The van der Waals surface area contributed by atoms with Crippen molar-refractivity contribution in [3.8, 4) is 5.75 Å². The normalized spacial score (nSPS) is 8.57. The smallest absolute Gasteiger partial charge is 0.115 e. The van der Waals surface area contributed by atoms with Gasteiger partial charge in [0, 0.05) is 30.2 Å². The second-order valence-electron chi connectivity index (χ2n) is 4.02. The zero-order valence-electron chi connectivity index (χ0n) is 11.3. The molecule has 0 fully saturated rings. The molecule has 0 aliphatic rings. The monoisotopic (exact) mass is 483 g/mol. The molecule has 0 aliphatic carbocycles. The number of nitrogens with two attached hydrogens (primary N) is 1. The third-order valence-corrected chi connectivity index (χ3v) is 2.56. The highest BCUT2D eigenvalue weighted by atomic mass is 79.9. The standard InChI is InChI=1S/C14H17N3O.3BrH/c15-11-1-3-12(4-2-11)16-9-10-17-13-5-7-14(18)8-6-13;;;/h1-8,16-18H,9-10,15H2;3*1H. The SMILES string of the molecule is Br.Br.Br.Nc1ccc(NCCNc2ccc(O)cc2)cc1. The Morgan fingerprint density at radius 3 is 1.52 bits per heavy atom. The molecule has 0 aliphatic heterocycles. The molecule has 5 N–H and O–H groups in total. The highest BCUT2D eigenvalue weighted by molar-refractivity contribution is 8.93. The van der Waals surface area contributed by atoms with E-state index in [1.165, 1.54) is 0 Å². The van der Waals surface area contributed by atoms with E-state index in [4.69, 9.17) is 10.8 Å². The lowest BCUT2D eigenvalue weighted by Crippen LogP contribution is -2.13. The number of phenols is 1. The van der Waals surface area contributed by atoms with E-state index in [1.807, 2.05) is 36.4 Å². The lowest BCUT2D eigenvalue weighted by atomic mass is 10.3. The molecule has 0 aromatic heterocycles. The van der Waals surface area contributed by atoms with Crippen molar-refractivity contribution in [1.29, 1.82) is 0 Å². The zero-order chi connectivity index (χ0) is 12.8. The topological polar surface area (TPSA) is 70.3 Å². The summed E-state index contributed by atoms with van der Waals surface area (Å²) in [5.41, 5.74) is 8.42. The Kier molecular flexibility index (Phi) is 12.5. The molecule has 0 bridgehead atoms. The first-order valence-electron chi connectivity index (χ1n) is 5.86. The Morgan fingerprint density at radius 1 is 0.714 bits per heavy atom. The molecule has 2 rings (SSSR count). The first kappa shape index (κ1) is 22.4. The third kappa shape index (κ3) is 8.18. The third-order valence-electron chi connectivity index (χ3n) is 2.56. The zero-order valence-corrected chi connectivity index (χ0v) is 16.4. The van der Waals surface area contributed by atoms with Crippen molar-refractivity contribution in [3.05, 3.63) is 48.5 Å². The number of hydrogen-bond donors (Lipinski definition) is 4. The second-order valence-corrected chi connectivity index (χ2v) is 4.02. The minimum atomic E-state index is 0. The molecule has 0 saturated heterocycles. The van der Waals surface area contributed by atoms with Crippen molar-refractivity contribution in [2.24, 2.45) is 0 Å². The van der Waals surface area contributed by atoms with Gasteiger partial charge in [0.25, 0.3) is 0 Å². The molecular weight excluding hydrogens is 466 g/mol. The average Bonchev–Trinajstić information content (AvgIpc) is 2.39. The lowest BCUT2D eigenvalue weighted by Gasteiger charge is -2.09. The van der Waals surface area contributed by atoms with Crippen LogP contribution in [-0.4, -0.2) is 18.2 Å². The highest BCUT2D eigenvalue weighted by Crippen LogP contribution is 2.13. The van der Waals surface area contributed by atoms with Gasteiger partial charge >= 0.3 is 0 Å². The van der Waals surface area contributed by atoms with Gasteiger partial charge in [-0.1, -0.05) is 0 Å². The van der Waals surface area contributed by atoms with Gasteiger partial charge in [-0.05, 0) is 48.5 Å². The quantitative estimate of drug-likeness (QED) is 0.290. The molecule has 2 aromatic rings. The van der Waals surface area contributed by atoms with Gasteiger partial charge in [0.1, 0.15) is 5.75 Å². The van der Waals surface area contributed by atoms with E-state index in [9.17, 15) is 0 Å². The Balaban J connectivity index is 0. The van der Waals surface area contributed by atoms with Crippen LogP contribution in [0.2, 0.25) is 0 Å². The average molecular weight is 486 g/mol. The fourth-order valence-electron chi connectivity index (χ4n) is 1.59. The number of phenolic OH excluding ortho intramolecular Hbond substituents is 1. The maximum atomic E-state index is 9.15. The molecule has 7 heteroatoms. The largest absolute Gasteiger partial charge is 0.508 e. The summed E-state index contributed by atoms with van der Waals surface area (Å²) >= 11 is 0. The van der Waals surface area contributed by atoms with Crippen LogP contribution in [0.5, 0.6) is 5.75 Å². The molecule has 0 radical (unpaired) electrons. The van der Waals surface area contributed by atoms with Gasteiger partial charge in [-0.15, -0.1) is 50.9 Å². The lowest BCUT2D eigenvalue weighted by molar-refractivity contribution is 0.475. The van der Waals surface area contributed by atoms with Crippen LogP contribution in [0.1, 0.15) is 0 Å². The minimum absolute atomic E-state index is 0. The summed E-state index contributed by atoms with van der Waals surface area (Å²) in [5, 5.41) is 15.7. The number of anilines is 3. The maximum absolute atomic E-state index is 9.15. The summed E-state index contributed by atoms with van der Waals surface area (Å²) in [6.45, 7) is 1.61. The number of rotatable bonds is 5. The molecule has 0 saturated carbocycles. The van der Waals surface area contributed by atoms with Crippen LogP contribution >= 0.6 is 50.9 Å². The summed E-state index contributed by atoms with van der Waals surface area (Å²) in [6, 6.07) is 14.7. The van der Waals surface area contributed by atoms with Crippen LogP contribution in [0.4, 0.5) is 17.1 Å². The molecule has 0 heterocycles. The summed E-state index contributed by atoms with van der Waals surface area (Å²) in [5.74, 6) is 0.278. The van der Waals surface area contributed by atoms with Crippen molar-refractivity contribution < 1.29 is 5.11 Å². The van der Waals surface area contributed by atoms with Crippen LogP contribution in [0.25, 0.3) is 0 Å². The van der Waals surface area contributed by atoms with E-state index in [-0.39, 0.29) is 56.7 Å². The first-order chi connectivity index (χ1) is 8.74. The van der Waals surface area contributed by atoms with Gasteiger partial charge in [-0.25, -0.2) is 0 Å². The van der Waals surface area contributed by atoms with Crippen molar-refractivity contribution in [2.45, 2.75) is 0 Å². The fraction of sp³-hybridized carbons (Fsp3) is 0.143. The number of benzene rings is 2. The van der Waals surface area contributed by atoms with Crippen molar-refractivity contribution in [2.75, 3.05) is 29.5 Å². The van der Waals surface area contributed by atoms with E-state index < -0.39 is 0 Å². The Labute approximate surface area is 156 Å². The van der Waals surface area contributed by atoms with E-state index in [0.29, 0.717) is 0 Å². The number of halogens is 3. The van der Waals surface area contributed by atoms with Crippen LogP contribution in [0.15, 0.2) is 48.5 Å². The molecule has 118 valence electrons. The molecule has 2 aromatic carbocycles. The van der Waals surface area contributed by atoms with Crippen LogP contribution < -0.4 is 16.4 Å². The van der Waals surface area contributed by atoms with Crippen molar-refractivity contribution >= 4 is 68.0 Å². The predicted octanol–water partition coefficient (Wildman–Crippen LogP) is 4.23. The molecule has 4 nitrogen and oxygen atoms in total. The van der Waals surface area contributed by atoms with Crippen LogP contribution in [0.3, 0.4) is 0 Å². The van der Waals surface area contributed by atoms with E-state index in [2.05, 4.69) is 10.6 Å². The summed E-state index contributed by atoms with van der Waals surface area (Å²) in [4.78, 5) is 0. The van der Waals surface area contributed by atoms with Crippen LogP contribution in [0, 0.1) is 0 Å². The Morgan fingerprint density at radius 2 is 1.10 bits per heavy atom. The van der Waals surface area contributed by atoms with Gasteiger partial charge in [0.2, 0.25) is 0 Å². The van der Waals surface area contributed by atoms with E-state index >= 15 is 0 Å². The Hall–Kier alpha value is -0.920. The number of aromatic hydroxyl groups is 1. The number of hydrogen-bond acceptors (Lipinski definition) is 4. The minimum Gasteiger partial charge on any atom is -0.508 e. The molecule has 0 amide bonds. The molecule has 0 atom stereocenters. The van der Waals surface area contributed by atoms with Gasteiger partial charge in [-0.3, -0.25) is 0 Å². The van der Waals surface area contributed by atoms with Gasteiger partial charge in [0.05, 0.1) is 0 Å². The number of nitrogen functional groups attached to an aromatic ring is 1. The van der Waals surface area contributed by atoms with Gasteiger partial charge in [-0.2, -0.15) is 0 Å². The summed E-state index contributed by atoms with van der Waals surface area (Å²) in [7, 11) is 0. The highest BCUT2D eigenvalue weighted by Gasteiger charge is 1.93. The summed E-state index contributed by atoms with van der Waals surface area (Å²) in [6.07, 6.45) is 0. The van der Waals surface area contributed by atoms with E-state index in [0.717, 1.165) is 30.2 Å². The Bertz CT molecular complexity index is 444. The first-order valence-corrected chi connectivity index (χ1v) is 5.86. The van der Waals surface area contributed by atoms with E-state index in [1.54, 1.807) is 12.1 Å². The molecular formula is C14H20Br3N3O. The van der Waals surface area contributed by atoms with Crippen molar-refractivity contribution in [1.82, 2.24) is 0 Å². The van der Waals surface area contributed by atoms with Crippen LogP contribution in [-0.2, 0) is 0 Å². The van der Waals surface area contributed by atoms with Crippen molar-refractivity contribution in [3.63, 3.8) is 0 Å². The van der Waals surface area contributed by atoms with Gasteiger partial charge < -0.3 is 21.5 Å². The molecule has 0 spiro atoms. The van der Waals surface area contributed by atoms with Gasteiger partial charge in [0.15, 0.2) is 0 Å². The molecule has 21 heavy (non-hydrogen) atoms.